The quantitative estimate of drug-likeness (QED) is 0.671. The summed E-state index contributed by atoms with van der Waals surface area (Å²) in [5.74, 6) is 3.10. The zero-order chi connectivity index (χ0) is 20.0. The van der Waals surface area contributed by atoms with E-state index in [1.54, 1.807) is 0 Å². The number of nitrogens with zero attached hydrogens (tertiary/aromatic N) is 3. The van der Waals surface area contributed by atoms with Crippen molar-refractivity contribution in [1.29, 1.82) is 0 Å². The molecule has 3 N–H and O–H groups in total. The van der Waals surface area contributed by atoms with Gasteiger partial charge in [0.25, 0.3) is 0 Å². The summed E-state index contributed by atoms with van der Waals surface area (Å²) in [5, 5.41) is 7.93. The van der Waals surface area contributed by atoms with Gasteiger partial charge in [0.1, 0.15) is 0 Å². The number of nitrogens with one attached hydrogen (secondary N) is 1. The number of hydrogen-bond acceptors (Lipinski definition) is 5. The molecule has 4 aliphatic rings. The zero-order valence-corrected chi connectivity index (χ0v) is 17.9. The van der Waals surface area contributed by atoms with Gasteiger partial charge in [0.2, 0.25) is 17.0 Å². The molecule has 4 aliphatic carbocycles. The molecule has 2 aromatic rings. The van der Waals surface area contributed by atoms with E-state index in [0.717, 1.165) is 47.6 Å². The van der Waals surface area contributed by atoms with Crippen LogP contribution in [0, 0.1) is 17.8 Å². The van der Waals surface area contributed by atoms with Crippen LogP contribution >= 0.6 is 23.4 Å². The highest BCUT2D eigenvalue weighted by molar-refractivity contribution is 7.99. The van der Waals surface area contributed by atoms with Crippen molar-refractivity contribution in [2.45, 2.75) is 55.8 Å². The average molecular weight is 432 g/mol. The van der Waals surface area contributed by atoms with Crippen molar-refractivity contribution in [3.05, 3.63) is 34.9 Å². The Balaban J connectivity index is 1.39. The zero-order valence-electron chi connectivity index (χ0n) is 16.3. The Hall–Kier alpha value is -1.73. The first-order valence-electron chi connectivity index (χ1n) is 10.3. The van der Waals surface area contributed by atoms with Crippen molar-refractivity contribution in [3.8, 4) is 0 Å². The third-order valence-electron chi connectivity index (χ3n) is 6.94. The molecule has 4 saturated carbocycles. The average Bonchev–Trinajstić information content (AvgIpc) is 3.10. The number of nitrogens with two attached hydrogens (primary N) is 1. The van der Waals surface area contributed by atoms with Crippen molar-refractivity contribution in [2.75, 3.05) is 11.5 Å². The van der Waals surface area contributed by atoms with Gasteiger partial charge in [-0.05, 0) is 74.0 Å². The Labute approximate surface area is 180 Å². The monoisotopic (exact) mass is 431 g/mol. The molecule has 1 amide bonds. The molecule has 8 heteroatoms. The molecule has 4 fully saturated rings. The fraction of sp³-hybridized carbons (Fsp3) is 0.571. The minimum Gasteiger partial charge on any atom is -0.368 e. The minimum absolute atomic E-state index is 0.00403. The SMILES string of the molecule is Nc1nc(SCC(=O)N(Cc2ccc(Cl)cc2)C23CC4CC(CC(C4)C2)C3)n[nH]1. The lowest BCUT2D eigenvalue weighted by atomic mass is 9.52. The largest absolute Gasteiger partial charge is 0.368 e. The number of nitrogen functional groups attached to an aromatic ring is 1. The molecule has 6 rings (SSSR count). The van der Waals surface area contributed by atoms with E-state index >= 15 is 0 Å². The number of benzene rings is 1. The first-order chi connectivity index (χ1) is 14.0. The topological polar surface area (TPSA) is 87.9 Å². The van der Waals surface area contributed by atoms with Crippen LogP contribution in [0.5, 0.6) is 0 Å². The van der Waals surface area contributed by atoms with Crippen LogP contribution in [-0.2, 0) is 11.3 Å². The summed E-state index contributed by atoms with van der Waals surface area (Å²) in [7, 11) is 0. The van der Waals surface area contributed by atoms with Crippen LogP contribution < -0.4 is 5.73 Å². The van der Waals surface area contributed by atoms with Gasteiger partial charge in [-0.1, -0.05) is 35.5 Å². The van der Waals surface area contributed by atoms with E-state index in [1.807, 2.05) is 24.3 Å². The van der Waals surface area contributed by atoms with Gasteiger partial charge in [0.05, 0.1) is 5.75 Å². The normalized spacial score (nSPS) is 29.9. The third-order valence-corrected chi connectivity index (χ3v) is 8.02. The van der Waals surface area contributed by atoms with E-state index in [-0.39, 0.29) is 17.4 Å². The molecule has 4 bridgehead atoms. The Bertz CT molecular complexity index is 863. The highest BCUT2D eigenvalue weighted by Gasteiger charge is 2.54. The molecule has 6 nitrogen and oxygen atoms in total. The Morgan fingerprint density at radius 2 is 1.79 bits per heavy atom. The van der Waals surface area contributed by atoms with Crippen molar-refractivity contribution >= 4 is 35.2 Å². The van der Waals surface area contributed by atoms with Crippen molar-refractivity contribution in [2.24, 2.45) is 17.8 Å². The van der Waals surface area contributed by atoms with Crippen LogP contribution in [0.4, 0.5) is 5.95 Å². The minimum atomic E-state index is 0.00403. The second kappa shape index (κ2) is 7.51. The summed E-state index contributed by atoms with van der Waals surface area (Å²) in [4.78, 5) is 19.8. The van der Waals surface area contributed by atoms with Gasteiger partial charge >= 0.3 is 0 Å². The number of amides is 1. The Morgan fingerprint density at radius 1 is 1.17 bits per heavy atom. The van der Waals surface area contributed by atoms with E-state index in [1.165, 1.54) is 31.0 Å². The van der Waals surface area contributed by atoms with Gasteiger partial charge in [-0.2, -0.15) is 4.98 Å². The number of aromatic nitrogens is 3. The molecule has 0 saturated heterocycles. The van der Waals surface area contributed by atoms with Crippen LogP contribution in [0.1, 0.15) is 44.1 Å². The predicted molar refractivity (Wildman–Crippen MR) is 114 cm³/mol. The Morgan fingerprint density at radius 3 is 2.34 bits per heavy atom. The number of rotatable bonds is 6. The van der Waals surface area contributed by atoms with Gasteiger partial charge in [0.15, 0.2) is 0 Å². The van der Waals surface area contributed by atoms with Crippen LogP contribution in [0.15, 0.2) is 29.4 Å². The Kier molecular flexibility index (Phi) is 4.98. The second-order valence-electron chi connectivity index (χ2n) is 9.04. The highest BCUT2D eigenvalue weighted by atomic mass is 35.5. The summed E-state index contributed by atoms with van der Waals surface area (Å²) in [6.45, 7) is 0.638. The number of H-pyrrole nitrogens is 1. The van der Waals surface area contributed by atoms with Crippen molar-refractivity contribution < 1.29 is 4.79 Å². The van der Waals surface area contributed by atoms with E-state index in [9.17, 15) is 4.79 Å². The maximum absolute atomic E-state index is 13.5. The molecule has 1 aromatic heterocycles. The van der Waals surface area contributed by atoms with Crippen molar-refractivity contribution in [1.82, 2.24) is 20.1 Å². The van der Waals surface area contributed by atoms with Gasteiger partial charge in [-0.3, -0.25) is 4.79 Å². The summed E-state index contributed by atoms with van der Waals surface area (Å²) >= 11 is 7.42. The maximum Gasteiger partial charge on any atom is 0.233 e. The molecule has 29 heavy (non-hydrogen) atoms. The fourth-order valence-electron chi connectivity index (χ4n) is 6.22. The summed E-state index contributed by atoms with van der Waals surface area (Å²) in [5.41, 5.74) is 6.75. The number of thioether (sulfide) groups is 1. The highest BCUT2D eigenvalue weighted by Crippen LogP contribution is 2.58. The molecule has 0 unspecified atom stereocenters. The lowest BCUT2D eigenvalue weighted by Crippen LogP contribution is -2.61. The number of hydrogen-bond donors (Lipinski definition) is 2. The lowest BCUT2D eigenvalue weighted by molar-refractivity contribution is -0.149. The van der Waals surface area contributed by atoms with Gasteiger partial charge in [0, 0.05) is 17.1 Å². The van der Waals surface area contributed by atoms with Gasteiger partial charge < -0.3 is 10.6 Å². The molecule has 0 aliphatic heterocycles. The van der Waals surface area contributed by atoms with Gasteiger partial charge in [-0.25, -0.2) is 5.10 Å². The number of anilines is 1. The van der Waals surface area contributed by atoms with Crippen LogP contribution in [0.25, 0.3) is 0 Å². The molecule has 0 atom stereocenters. The van der Waals surface area contributed by atoms with Crippen LogP contribution in [-0.4, -0.2) is 37.3 Å². The first-order valence-corrected chi connectivity index (χ1v) is 11.7. The van der Waals surface area contributed by atoms with E-state index in [4.69, 9.17) is 17.3 Å². The maximum atomic E-state index is 13.5. The predicted octanol–water partition coefficient (Wildman–Crippen LogP) is 4.13. The number of carbonyl (C=O) groups excluding carboxylic acids is 1. The first kappa shape index (κ1) is 19.2. The number of halogens is 1. The number of aromatic amines is 1. The molecule has 0 spiro atoms. The lowest BCUT2D eigenvalue weighted by Gasteiger charge is -2.60. The molecule has 0 radical (unpaired) electrons. The molecular weight excluding hydrogens is 406 g/mol. The molecule has 154 valence electrons. The smallest absolute Gasteiger partial charge is 0.233 e. The fourth-order valence-corrected chi connectivity index (χ4v) is 7.02. The van der Waals surface area contributed by atoms with Gasteiger partial charge in [-0.15, -0.1) is 5.10 Å². The number of carbonyl (C=O) groups is 1. The van der Waals surface area contributed by atoms with Crippen LogP contribution in [0.3, 0.4) is 0 Å². The van der Waals surface area contributed by atoms with E-state index < -0.39 is 0 Å². The second-order valence-corrected chi connectivity index (χ2v) is 10.4. The summed E-state index contributed by atoms with van der Waals surface area (Å²) in [6, 6.07) is 7.88. The summed E-state index contributed by atoms with van der Waals surface area (Å²) in [6.07, 6.45) is 7.51. The molecule has 1 aromatic carbocycles. The molecular formula is C21H26ClN5OS. The molecule has 1 heterocycles. The van der Waals surface area contributed by atoms with E-state index in [0.29, 0.717) is 17.5 Å². The van der Waals surface area contributed by atoms with E-state index in [2.05, 4.69) is 20.1 Å². The van der Waals surface area contributed by atoms with Crippen LogP contribution in [0.2, 0.25) is 5.02 Å². The third kappa shape index (κ3) is 3.87. The summed E-state index contributed by atoms with van der Waals surface area (Å²) < 4.78 is 0. The standard InChI is InChI=1S/C21H26ClN5OS/c22-17-3-1-13(2-4-17)11-27(18(28)12-29-20-24-19(23)25-26-20)21-8-14-5-15(9-21)7-16(6-14)10-21/h1-4,14-16H,5-12H2,(H3,23,24,25,26). The van der Waals surface area contributed by atoms with Crippen molar-refractivity contribution in [3.63, 3.8) is 0 Å².